The van der Waals surface area contributed by atoms with Gasteiger partial charge in [-0.05, 0) is 38.8 Å². The minimum atomic E-state index is -0.479. The molecule has 1 aliphatic heterocycles. The van der Waals surface area contributed by atoms with Crippen LogP contribution in [0.1, 0.15) is 60.2 Å². The molecule has 1 heterocycles. The fourth-order valence-electron chi connectivity index (χ4n) is 2.91. The Hall–Kier alpha value is -2.04. The van der Waals surface area contributed by atoms with Crippen molar-refractivity contribution in [3.8, 4) is 0 Å². The Morgan fingerprint density at radius 1 is 0.957 bits per heavy atom. The number of benzene rings is 1. The van der Waals surface area contributed by atoms with Crippen molar-refractivity contribution in [1.29, 1.82) is 0 Å². The third-order valence-electron chi connectivity index (χ3n) is 3.96. The second-order valence-corrected chi connectivity index (χ2v) is 5.54. The first kappa shape index (κ1) is 17.3. The third-order valence-corrected chi connectivity index (χ3v) is 3.96. The van der Waals surface area contributed by atoms with E-state index in [4.69, 9.17) is 9.47 Å². The van der Waals surface area contributed by atoms with Gasteiger partial charge in [0.2, 0.25) is 0 Å². The van der Waals surface area contributed by atoms with Gasteiger partial charge in [0.15, 0.2) is 0 Å². The number of hydrogen-bond donors (Lipinski definition) is 0. The van der Waals surface area contributed by atoms with Gasteiger partial charge in [-0.3, -0.25) is 0 Å². The van der Waals surface area contributed by atoms with E-state index < -0.39 is 11.9 Å². The zero-order chi connectivity index (χ0) is 16.7. The molecule has 0 spiro atoms. The SMILES string of the molecule is CCOC(=O)c1cccc(N2CCCCCC2)c1C(=O)OCC. The molecule has 0 saturated carbocycles. The summed E-state index contributed by atoms with van der Waals surface area (Å²) in [6.45, 7) is 5.83. The molecule has 5 heteroatoms. The van der Waals surface area contributed by atoms with Crippen LogP contribution < -0.4 is 4.90 Å². The van der Waals surface area contributed by atoms with Gasteiger partial charge in [0, 0.05) is 13.1 Å². The number of carbonyl (C=O) groups excluding carboxylic acids is 2. The number of carbonyl (C=O) groups is 2. The molecular formula is C18H25NO4. The largest absolute Gasteiger partial charge is 0.462 e. The van der Waals surface area contributed by atoms with E-state index in [0.29, 0.717) is 5.56 Å². The van der Waals surface area contributed by atoms with Gasteiger partial charge in [0.25, 0.3) is 0 Å². The fraction of sp³-hybridized carbons (Fsp3) is 0.556. The molecule has 0 radical (unpaired) electrons. The van der Waals surface area contributed by atoms with Gasteiger partial charge in [0.1, 0.15) is 0 Å². The Morgan fingerprint density at radius 3 is 2.17 bits per heavy atom. The zero-order valence-electron chi connectivity index (χ0n) is 14.0. The number of anilines is 1. The summed E-state index contributed by atoms with van der Waals surface area (Å²) in [5.74, 6) is -0.942. The molecule has 0 atom stereocenters. The van der Waals surface area contributed by atoms with Crippen LogP contribution in [0.4, 0.5) is 5.69 Å². The molecule has 0 amide bonds. The van der Waals surface area contributed by atoms with Gasteiger partial charge in [0.05, 0.1) is 30.0 Å². The maximum Gasteiger partial charge on any atom is 0.341 e. The number of rotatable bonds is 5. The molecule has 23 heavy (non-hydrogen) atoms. The third kappa shape index (κ3) is 4.24. The molecule has 1 aliphatic rings. The second kappa shape index (κ2) is 8.56. The van der Waals surface area contributed by atoms with E-state index in [1.54, 1.807) is 26.0 Å². The minimum Gasteiger partial charge on any atom is -0.462 e. The average Bonchev–Trinajstić information content (AvgIpc) is 2.83. The van der Waals surface area contributed by atoms with Gasteiger partial charge in [-0.1, -0.05) is 18.9 Å². The van der Waals surface area contributed by atoms with Crippen LogP contribution >= 0.6 is 0 Å². The first-order chi connectivity index (χ1) is 11.2. The first-order valence-corrected chi connectivity index (χ1v) is 8.41. The summed E-state index contributed by atoms with van der Waals surface area (Å²) in [4.78, 5) is 26.9. The number of ether oxygens (including phenoxy) is 2. The Balaban J connectivity index is 2.45. The second-order valence-electron chi connectivity index (χ2n) is 5.54. The topological polar surface area (TPSA) is 55.8 Å². The van der Waals surface area contributed by atoms with E-state index >= 15 is 0 Å². The molecule has 0 bridgehead atoms. The van der Waals surface area contributed by atoms with Gasteiger partial charge in [-0.15, -0.1) is 0 Å². The standard InChI is InChI=1S/C18H25NO4/c1-3-22-17(20)14-10-9-11-15(16(14)18(21)23-4-2)19-12-7-5-6-8-13-19/h9-11H,3-8,12-13H2,1-2H3. The highest BCUT2D eigenvalue weighted by Crippen LogP contribution is 2.28. The predicted octanol–water partition coefficient (Wildman–Crippen LogP) is 3.42. The highest BCUT2D eigenvalue weighted by Gasteiger charge is 2.25. The van der Waals surface area contributed by atoms with E-state index in [9.17, 15) is 9.59 Å². The van der Waals surface area contributed by atoms with Crippen molar-refractivity contribution in [2.75, 3.05) is 31.2 Å². The molecular weight excluding hydrogens is 294 g/mol. The Bertz CT molecular complexity index is 548. The minimum absolute atomic E-state index is 0.273. The van der Waals surface area contributed by atoms with Gasteiger partial charge in [-0.25, -0.2) is 9.59 Å². The molecule has 0 aliphatic carbocycles. The number of hydrogen-bond acceptors (Lipinski definition) is 5. The predicted molar refractivity (Wildman–Crippen MR) is 89.0 cm³/mol. The molecule has 0 aromatic heterocycles. The molecule has 2 rings (SSSR count). The van der Waals surface area contributed by atoms with Gasteiger partial charge < -0.3 is 14.4 Å². The molecule has 1 aromatic rings. The van der Waals surface area contributed by atoms with Crippen LogP contribution in [0.2, 0.25) is 0 Å². The van der Waals surface area contributed by atoms with E-state index in [0.717, 1.165) is 31.6 Å². The van der Waals surface area contributed by atoms with Crippen molar-refractivity contribution in [3.05, 3.63) is 29.3 Å². The Labute approximate surface area is 137 Å². The summed E-state index contributed by atoms with van der Waals surface area (Å²) < 4.78 is 10.3. The monoisotopic (exact) mass is 319 g/mol. The summed E-state index contributed by atoms with van der Waals surface area (Å²) >= 11 is 0. The molecule has 1 fully saturated rings. The summed E-state index contributed by atoms with van der Waals surface area (Å²) in [6, 6.07) is 5.32. The number of nitrogens with zero attached hydrogens (tertiary/aromatic N) is 1. The Morgan fingerprint density at radius 2 is 1.57 bits per heavy atom. The molecule has 1 aromatic carbocycles. The van der Waals surface area contributed by atoms with Crippen molar-refractivity contribution in [3.63, 3.8) is 0 Å². The Kier molecular flexibility index (Phi) is 6.44. The van der Waals surface area contributed by atoms with E-state index in [1.165, 1.54) is 12.8 Å². The molecule has 5 nitrogen and oxygen atoms in total. The summed E-state index contributed by atoms with van der Waals surface area (Å²) in [5, 5.41) is 0. The number of esters is 2. The molecule has 1 saturated heterocycles. The molecule has 126 valence electrons. The lowest BCUT2D eigenvalue weighted by atomic mass is 10.0. The normalized spacial score (nSPS) is 15.0. The smallest absolute Gasteiger partial charge is 0.341 e. The van der Waals surface area contributed by atoms with Crippen molar-refractivity contribution >= 4 is 17.6 Å². The molecule has 0 N–H and O–H groups in total. The summed E-state index contributed by atoms with van der Waals surface area (Å²) in [7, 11) is 0. The lowest BCUT2D eigenvalue weighted by Crippen LogP contribution is -2.27. The highest BCUT2D eigenvalue weighted by molar-refractivity contribution is 6.07. The van der Waals surface area contributed by atoms with Crippen molar-refractivity contribution in [2.45, 2.75) is 39.5 Å². The van der Waals surface area contributed by atoms with Crippen LogP contribution in [-0.4, -0.2) is 38.2 Å². The van der Waals surface area contributed by atoms with Gasteiger partial charge >= 0.3 is 11.9 Å². The van der Waals surface area contributed by atoms with Crippen LogP contribution in [0, 0.1) is 0 Å². The lowest BCUT2D eigenvalue weighted by molar-refractivity contribution is 0.0479. The fourth-order valence-corrected chi connectivity index (χ4v) is 2.91. The highest BCUT2D eigenvalue weighted by atomic mass is 16.5. The van der Waals surface area contributed by atoms with Crippen LogP contribution in [0.25, 0.3) is 0 Å². The maximum atomic E-state index is 12.5. The van der Waals surface area contributed by atoms with Crippen LogP contribution in [0.3, 0.4) is 0 Å². The van der Waals surface area contributed by atoms with Crippen molar-refractivity contribution < 1.29 is 19.1 Å². The first-order valence-electron chi connectivity index (χ1n) is 8.41. The van der Waals surface area contributed by atoms with Crippen LogP contribution in [0.5, 0.6) is 0 Å². The van der Waals surface area contributed by atoms with E-state index in [1.807, 2.05) is 6.07 Å². The van der Waals surface area contributed by atoms with Crippen molar-refractivity contribution in [2.24, 2.45) is 0 Å². The van der Waals surface area contributed by atoms with E-state index in [2.05, 4.69) is 4.90 Å². The van der Waals surface area contributed by atoms with Crippen molar-refractivity contribution in [1.82, 2.24) is 0 Å². The van der Waals surface area contributed by atoms with Crippen LogP contribution in [-0.2, 0) is 9.47 Å². The average molecular weight is 319 g/mol. The van der Waals surface area contributed by atoms with Crippen LogP contribution in [0.15, 0.2) is 18.2 Å². The quantitative estimate of drug-likeness (QED) is 0.778. The molecule has 0 unspecified atom stereocenters. The van der Waals surface area contributed by atoms with Gasteiger partial charge in [-0.2, -0.15) is 0 Å². The lowest BCUT2D eigenvalue weighted by Gasteiger charge is -2.25. The summed E-state index contributed by atoms with van der Waals surface area (Å²) in [6.07, 6.45) is 4.57. The zero-order valence-corrected chi connectivity index (χ0v) is 14.0. The maximum absolute atomic E-state index is 12.5. The summed E-state index contributed by atoms with van der Waals surface area (Å²) in [5.41, 5.74) is 1.39. The van der Waals surface area contributed by atoms with E-state index in [-0.39, 0.29) is 18.8 Å².